The van der Waals surface area contributed by atoms with Crippen molar-refractivity contribution in [3.63, 3.8) is 0 Å². The van der Waals surface area contributed by atoms with Crippen molar-refractivity contribution in [1.29, 1.82) is 0 Å². The minimum Gasteiger partial charge on any atom is -0.476 e. The molecule has 0 saturated heterocycles. The van der Waals surface area contributed by atoms with Crippen LogP contribution in [0.4, 0.5) is 8.78 Å². The zero-order chi connectivity index (χ0) is 17.4. The molecule has 3 aromatic rings. The highest BCUT2D eigenvalue weighted by atomic mass is 19.1. The van der Waals surface area contributed by atoms with Gasteiger partial charge in [0, 0.05) is 11.9 Å². The lowest BCUT2D eigenvalue weighted by Crippen LogP contribution is -2.01. The lowest BCUT2D eigenvalue weighted by atomic mass is 10.1. The zero-order valence-electron chi connectivity index (χ0n) is 13.0. The van der Waals surface area contributed by atoms with Crippen molar-refractivity contribution in [2.24, 2.45) is 0 Å². The number of aromatic carboxylic acids is 1. The molecule has 0 aliphatic heterocycles. The zero-order valence-corrected chi connectivity index (χ0v) is 13.0. The van der Waals surface area contributed by atoms with Crippen LogP contribution in [0.2, 0.25) is 0 Å². The molecular formula is C18H14F2N2O2. The van der Waals surface area contributed by atoms with E-state index in [1.54, 1.807) is 12.1 Å². The predicted octanol–water partition coefficient (Wildman–Crippen LogP) is 4.13. The molecule has 2 aromatic carbocycles. The van der Waals surface area contributed by atoms with E-state index in [1.807, 2.05) is 19.9 Å². The lowest BCUT2D eigenvalue weighted by Gasteiger charge is -2.11. The molecular weight excluding hydrogens is 314 g/mol. The first-order chi connectivity index (χ1) is 11.4. The molecule has 4 nitrogen and oxygen atoms in total. The fraction of sp³-hybridized carbons (Fsp3) is 0.111. The number of imidazole rings is 1. The summed E-state index contributed by atoms with van der Waals surface area (Å²) in [5.41, 5.74) is 1.83. The first-order valence-electron chi connectivity index (χ1n) is 7.22. The smallest absolute Gasteiger partial charge is 0.356 e. The number of halogens is 2. The molecule has 0 fully saturated rings. The molecule has 0 amide bonds. The molecule has 6 heteroatoms. The molecule has 0 radical (unpaired) electrons. The van der Waals surface area contributed by atoms with E-state index in [1.165, 1.54) is 16.8 Å². The third kappa shape index (κ3) is 2.78. The summed E-state index contributed by atoms with van der Waals surface area (Å²) in [6, 6.07) is 9.00. The van der Waals surface area contributed by atoms with Gasteiger partial charge in [0.25, 0.3) is 0 Å². The Balaban J connectivity index is 2.32. The van der Waals surface area contributed by atoms with Crippen molar-refractivity contribution in [2.75, 3.05) is 0 Å². The van der Waals surface area contributed by atoms with Crippen LogP contribution in [-0.2, 0) is 0 Å². The second-order valence-electron chi connectivity index (χ2n) is 5.57. The second kappa shape index (κ2) is 5.88. The Bertz CT molecular complexity index is 908. The lowest BCUT2D eigenvalue weighted by molar-refractivity contribution is 0.0691. The van der Waals surface area contributed by atoms with Crippen LogP contribution in [0.25, 0.3) is 17.1 Å². The van der Waals surface area contributed by atoms with E-state index < -0.39 is 17.6 Å². The van der Waals surface area contributed by atoms with Crippen molar-refractivity contribution >= 4 is 5.97 Å². The number of aryl methyl sites for hydroxylation is 2. The van der Waals surface area contributed by atoms with Crippen molar-refractivity contribution in [3.05, 3.63) is 71.1 Å². The van der Waals surface area contributed by atoms with Crippen LogP contribution in [0.5, 0.6) is 0 Å². The second-order valence-corrected chi connectivity index (χ2v) is 5.57. The highest BCUT2D eigenvalue weighted by molar-refractivity contribution is 5.86. The Morgan fingerprint density at radius 1 is 1.08 bits per heavy atom. The van der Waals surface area contributed by atoms with Gasteiger partial charge in [-0.15, -0.1) is 0 Å². The van der Waals surface area contributed by atoms with Crippen LogP contribution in [0.1, 0.15) is 21.6 Å². The molecule has 1 aromatic heterocycles. The van der Waals surface area contributed by atoms with Gasteiger partial charge in [0.2, 0.25) is 0 Å². The fourth-order valence-corrected chi connectivity index (χ4v) is 2.66. The first-order valence-corrected chi connectivity index (χ1v) is 7.22. The van der Waals surface area contributed by atoms with E-state index in [-0.39, 0.29) is 17.1 Å². The number of carboxylic acid groups (broad SMARTS) is 1. The van der Waals surface area contributed by atoms with E-state index >= 15 is 0 Å². The number of nitrogens with zero attached hydrogens (tertiary/aromatic N) is 2. The van der Waals surface area contributed by atoms with Crippen LogP contribution in [0.15, 0.2) is 42.6 Å². The van der Waals surface area contributed by atoms with Gasteiger partial charge in [-0.05, 0) is 49.2 Å². The maximum absolute atomic E-state index is 14.2. The van der Waals surface area contributed by atoms with Gasteiger partial charge in [-0.25, -0.2) is 18.6 Å². The van der Waals surface area contributed by atoms with E-state index in [2.05, 4.69) is 4.98 Å². The molecule has 0 aliphatic rings. The molecule has 0 atom stereocenters. The Hall–Kier alpha value is -3.02. The number of rotatable bonds is 3. The third-order valence-electron chi connectivity index (χ3n) is 3.60. The normalized spacial score (nSPS) is 10.8. The van der Waals surface area contributed by atoms with Gasteiger partial charge < -0.3 is 5.11 Å². The van der Waals surface area contributed by atoms with Crippen molar-refractivity contribution < 1.29 is 18.7 Å². The van der Waals surface area contributed by atoms with Crippen LogP contribution < -0.4 is 0 Å². The Labute approximate surface area is 137 Å². The Morgan fingerprint density at radius 2 is 1.67 bits per heavy atom. The van der Waals surface area contributed by atoms with Crippen LogP contribution >= 0.6 is 0 Å². The highest BCUT2D eigenvalue weighted by Gasteiger charge is 2.21. The monoisotopic (exact) mass is 328 g/mol. The molecule has 3 rings (SSSR count). The summed E-state index contributed by atoms with van der Waals surface area (Å²) in [6.07, 6.45) is 1.26. The quantitative estimate of drug-likeness (QED) is 0.786. The number of benzene rings is 2. The Kier molecular flexibility index (Phi) is 3.89. The molecule has 0 saturated carbocycles. The molecule has 0 unspecified atom stereocenters. The minimum atomic E-state index is -1.27. The van der Waals surface area contributed by atoms with Crippen LogP contribution in [0.3, 0.4) is 0 Å². The van der Waals surface area contributed by atoms with Crippen molar-refractivity contribution in [3.8, 4) is 17.1 Å². The number of carbonyl (C=O) groups is 1. The number of aromatic nitrogens is 2. The molecule has 24 heavy (non-hydrogen) atoms. The molecule has 1 N–H and O–H groups in total. The first kappa shape index (κ1) is 15.9. The summed E-state index contributed by atoms with van der Waals surface area (Å²) in [7, 11) is 0. The van der Waals surface area contributed by atoms with E-state index in [4.69, 9.17) is 0 Å². The summed E-state index contributed by atoms with van der Waals surface area (Å²) < 4.78 is 29.7. The molecule has 1 heterocycles. The van der Waals surface area contributed by atoms with Crippen LogP contribution in [0, 0.1) is 25.5 Å². The van der Waals surface area contributed by atoms with E-state index in [9.17, 15) is 18.7 Å². The van der Waals surface area contributed by atoms with Crippen LogP contribution in [-0.4, -0.2) is 20.6 Å². The minimum absolute atomic E-state index is 0.0898. The molecule has 0 spiro atoms. The number of hydrogen-bond donors (Lipinski definition) is 1. The molecule has 0 aliphatic carbocycles. The summed E-state index contributed by atoms with van der Waals surface area (Å²) >= 11 is 0. The number of carboxylic acids is 1. The van der Waals surface area contributed by atoms with Crippen molar-refractivity contribution in [1.82, 2.24) is 9.55 Å². The SMILES string of the molecule is Cc1cc(C)cc(-n2cc(C(=O)O)nc2-c2c(F)cccc2F)c1. The maximum atomic E-state index is 14.2. The standard InChI is InChI=1S/C18H14F2N2O2/c1-10-6-11(2)8-12(7-10)22-9-15(18(23)24)21-17(22)16-13(19)4-3-5-14(16)20/h3-9H,1-2H3,(H,23,24). The van der Waals surface area contributed by atoms with Gasteiger partial charge in [-0.2, -0.15) is 0 Å². The highest BCUT2D eigenvalue weighted by Crippen LogP contribution is 2.28. The van der Waals surface area contributed by atoms with Crippen molar-refractivity contribution in [2.45, 2.75) is 13.8 Å². The third-order valence-corrected chi connectivity index (χ3v) is 3.60. The summed E-state index contributed by atoms with van der Waals surface area (Å²) in [5, 5.41) is 9.20. The fourth-order valence-electron chi connectivity index (χ4n) is 2.66. The molecule has 0 bridgehead atoms. The number of hydrogen-bond acceptors (Lipinski definition) is 2. The summed E-state index contributed by atoms with van der Waals surface area (Å²) in [4.78, 5) is 15.2. The largest absolute Gasteiger partial charge is 0.476 e. The van der Waals surface area contributed by atoms with E-state index in [0.29, 0.717) is 5.69 Å². The topological polar surface area (TPSA) is 55.1 Å². The van der Waals surface area contributed by atoms with Gasteiger partial charge in [0.05, 0.1) is 5.56 Å². The predicted molar refractivity (Wildman–Crippen MR) is 85.3 cm³/mol. The summed E-state index contributed by atoms with van der Waals surface area (Å²) in [5.74, 6) is -2.96. The van der Waals surface area contributed by atoms with Gasteiger partial charge in [-0.1, -0.05) is 12.1 Å². The average molecular weight is 328 g/mol. The van der Waals surface area contributed by atoms with Gasteiger partial charge in [-0.3, -0.25) is 4.57 Å². The van der Waals surface area contributed by atoms with Gasteiger partial charge in [0.15, 0.2) is 11.5 Å². The average Bonchev–Trinajstić information content (AvgIpc) is 2.91. The van der Waals surface area contributed by atoms with Gasteiger partial charge >= 0.3 is 5.97 Å². The maximum Gasteiger partial charge on any atom is 0.356 e. The molecule has 122 valence electrons. The van der Waals surface area contributed by atoms with E-state index in [0.717, 1.165) is 23.3 Å². The Morgan fingerprint density at radius 3 is 2.21 bits per heavy atom. The van der Waals surface area contributed by atoms with Gasteiger partial charge in [0.1, 0.15) is 11.6 Å². The summed E-state index contributed by atoms with van der Waals surface area (Å²) in [6.45, 7) is 3.77.